The number of nitrogens with zero attached hydrogens (tertiary/aromatic N) is 4. The highest BCUT2D eigenvalue weighted by Crippen LogP contribution is 2.37. The average molecular weight is 410 g/mol. The third-order valence-corrected chi connectivity index (χ3v) is 5.22. The van der Waals surface area contributed by atoms with Crippen molar-refractivity contribution >= 4 is 17.3 Å². The number of hydroxylamine groups is 1. The van der Waals surface area contributed by atoms with Crippen LogP contribution in [0.15, 0.2) is 35.6 Å². The zero-order valence-electron chi connectivity index (χ0n) is 17.2. The van der Waals surface area contributed by atoms with Crippen molar-refractivity contribution < 1.29 is 14.0 Å². The second kappa shape index (κ2) is 6.66. The second-order valence-corrected chi connectivity index (χ2v) is 8.23. The summed E-state index contributed by atoms with van der Waals surface area (Å²) in [5.74, 6) is 1.72. The second-order valence-electron chi connectivity index (χ2n) is 8.23. The first-order valence-corrected chi connectivity index (χ1v) is 9.93. The maximum absolute atomic E-state index is 14.2. The van der Waals surface area contributed by atoms with E-state index in [0.29, 0.717) is 23.7 Å². The van der Waals surface area contributed by atoms with E-state index in [0.717, 1.165) is 22.4 Å². The Kier molecular flexibility index (Phi) is 4.18. The Balaban J connectivity index is 1.46. The van der Waals surface area contributed by atoms with E-state index in [1.165, 1.54) is 6.07 Å². The fourth-order valence-electron chi connectivity index (χ4n) is 3.86. The molecule has 0 radical (unpaired) electrons. The normalized spacial score (nSPS) is 20.4. The minimum atomic E-state index is -0.650. The van der Waals surface area contributed by atoms with Crippen molar-refractivity contribution in [2.75, 3.05) is 5.32 Å². The quantitative estimate of drug-likeness (QED) is 0.686. The summed E-state index contributed by atoms with van der Waals surface area (Å²) in [6.07, 6.45) is 4.27. The van der Waals surface area contributed by atoms with E-state index in [-0.39, 0.29) is 18.0 Å². The zero-order chi connectivity index (χ0) is 21.0. The van der Waals surface area contributed by atoms with Crippen LogP contribution in [0.1, 0.15) is 50.4 Å². The van der Waals surface area contributed by atoms with Gasteiger partial charge in [-0.1, -0.05) is 0 Å². The largest absolute Gasteiger partial charge is 0.490 e. The van der Waals surface area contributed by atoms with E-state index in [9.17, 15) is 4.39 Å². The van der Waals surface area contributed by atoms with Crippen LogP contribution in [-0.2, 0) is 11.3 Å². The molecule has 1 unspecified atom stereocenters. The molecule has 9 heteroatoms. The Hall–Kier alpha value is -3.20. The number of benzene rings is 1. The van der Waals surface area contributed by atoms with Gasteiger partial charge in [0, 0.05) is 23.7 Å². The van der Waals surface area contributed by atoms with E-state index < -0.39 is 5.72 Å². The first kappa shape index (κ1) is 18.8. The molecule has 3 aromatic rings. The molecule has 2 atom stereocenters. The first-order valence-electron chi connectivity index (χ1n) is 9.93. The summed E-state index contributed by atoms with van der Waals surface area (Å²) in [5.41, 5.74) is 5.25. The highest BCUT2D eigenvalue weighted by molar-refractivity contribution is 6.03. The smallest absolute Gasteiger partial charge is 0.182 e. The number of aromatic nitrogens is 3. The first-order chi connectivity index (χ1) is 14.3. The number of fused-ring (bicyclic) bond motifs is 2. The summed E-state index contributed by atoms with van der Waals surface area (Å²) in [5, 5.41) is 7.69. The third kappa shape index (κ3) is 3.24. The number of rotatable bonds is 4. The monoisotopic (exact) mass is 410 g/mol. The molecule has 5 rings (SSSR count). The van der Waals surface area contributed by atoms with Crippen LogP contribution in [0.5, 0.6) is 5.75 Å². The number of ether oxygens (including phenoxy) is 1. The lowest BCUT2D eigenvalue weighted by molar-refractivity contribution is -0.0269. The zero-order valence-corrected chi connectivity index (χ0v) is 17.2. The number of amidine groups is 1. The number of anilines is 1. The molecular weight excluding hydrogens is 387 g/mol. The van der Waals surface area contributed by atoms with Gasteiger partial charge in [0.05, 0.1) is 17.8 Å². The number of nitrogens with one attached hydrogen (secondary N) is 2. The fraction of sp³-hybridized carbons (Fsp3) is 0.381. The number of aliphatic imine (C=N–C) groups is 1. The molecule has 2 aromatic heterocycles. The molecule has 4 heterocycles. The van der Waals surface area contributed by atoms with Gasteiger partial charge in [-0.2, -0.15) is 5.10 Å². The molecule has 0 amide bonds. The Morgan fingerprint density at radius 1 is 1.37 bits per heavy atom. The number of hydrogen-bond acceptors (Lipinski definition) is 7. The van der Waals surface area contributed by atoms with E-state index in [1.807, 2.05) is 40.0 Å². The van der Waals surface area contributed by atoms with Crippen LogP contribution >= 0.6 is 0 Å². The minimum Gasteiger partial charge on any atom is -0.490 e. The van der Waals surface area contributed by atoms with E-state index in [2.05, 4.69) is 20.9 Å². The van der Waals surface area contributed by atoms with Crippen molar-refractivity contribution in [3.05, 3.63) is 53.1 Å². The molecule has 2 aliphatic heterocycles. The van der Waals surface area contributed by atoms with Crippen LogP contribution in [-0.4, -0.2) is 32.3 Å². The number of hydrogen-bond donors (Lipinski definition) is 2. The summed E-state index contributed by atoms with van der Waals surface area (Å²) < 4.78 is 21.8. The number of halogens is 1. The van der Waals surface area contributed by atoms with Gasteiger partial charge < -0.3 is 10.1 Å². The summed E-state index contributed by atoms with van der Waals surface area (Å²) in [6, 6.07) is 4.70. The van der Waals surface area contributed by atoms with Gasteiger partial charge in [0.2, 0.25) is 0 Å². The third-order valence-electron chi connectivity index (χ3n) is 5.22. The molecule has 2 N–H and O–H groups in total. The molecule has 0 spiro atoms. The SMILES string of the molecule is CC1Cc2cc(F)cc([C@@H](C)Nc3ccn4ncc(C5=NC(C)(C)ON5)c4n3)c2O1. The van der Waals surface area contributed by atoms with Crippen molar-refractivity contribution in [1.82, 2.24) is 20.1 Å². The Morgan fingerprint density at radius 2 is 2.20 bits per heavy atom. The summed E-state index contributed by atoms with van der Waals surface area (Å²) in [7, 11) is 0. The molecule has 8 nitrogen and oxygen atoms in total. The molecular formula is C21H23FN6O2. The van der Waals surface area contributed by atoms with Crippen molar-refractivity contribution in [3.63, 3.8) is 0 Å². The summed E-state index contributed by atoms with van der Waals surface area (Å²) in [4.78, 5) is 14.7. The Labute approximate surface area is 173 Å². The van der Waals surface area contributed by atoms with Crippen LogP contribution in [0.25, 0.3) is 5.65 Å². The van der Waals surface area contributed by atoms with Crippen LogP contribution in [0.4, 0.5) is 10.2 Å². The molecule has 0 bridgehead atoms. The predicted molar refractivity (Wildman–Crippen MR) is 110 cm³/mol. The van der Waals surface area contributed by atoms with Gasteiger partial charge in [-0.3, -0.25) is 0 Å². The standard InChI is InChI=1S/C21H23FN6O2/c1-11-7-13-8-14(22)9-15(18(13)29-11)12(2)24-17-5-6-28-20(25-17)16(10-23-28)19-26-21(3,4)30-27-19/h5-6,8-12H,7H2,1-4H3,(H,24,25)(H,26,27)/t11?,12-/m1/s1. The maximum Gasteiger partial charge on any atom is 0.182 e. The summed E-state index contributed by atoms with van der Waals surface area (Å²) >= 11 is 0. The van der Waals surface area contributed by atoms with Crippen molar-refractivity contribution in [2.24, 2.45) is 4.99 Å². The van der Waals surface area contributed by atoms with Crippen LogP contribution in [0.3, 0.4) is 0 Å². The minimum absolute atomic E-state index is 0.0442. The van der Waals surface area contributed by atoms with Crippen molar-refractivity contribution in [3.8, 4) is 5.75 Å². The van der Waals surface area contributed by atoms with Gasteiger partial charge >= 0.3 is 0 Å². The van der Waals surface area contributed by atoms with Gasteiger partial charge in [-0.15, -0.1) is 0 Å². The molecule has 0 aliphatic carbocycles. The Bertz CT molecular complexity index is 1170. The molecule has 0 fully saturated rings. The molecule has 1 aromatic carbocycles. The molecule has 30 heavy (non-hydrogen) atoms. The van der Waals surface area contributed by atoms with Gasteiger partial charge in [-0.25, -0.2) is 29.2 Å². The topological polar surface area (TPSA) is 85.1 Å². The van der Waals surface area contributed by atoms with Crippen LogP contribution in [0.2, 0.25) is 0 Å². The lowest BCUT2D eigenvalue weighted by atomic mass is 10.0. The van der Waals surface area contributed by atoms with E-state index >= 15 is 0 Å². The van der Waals surface area contributed by atoms with Crippen LogP contribution in [0, 0.1) is 5.82 Å². The average Bonchev–Trinajstić information content (AvgIpc) is 3.36. The molecule has 2 aliphatic rings. The van der Waals surface area contributed by atoms with E-state index in [4.69, 9.17) is 14.6 Å². The van der Waals surface area contributed by atoms with Crippen molar-refractivity contribution in [2.45, 2.75) is 52.0 Å². The maximum atomic E-state index is 14.2. The van der Waals surface area contributed by atoms with Crippen molar-refractivity contribution in [1.29, 1.82) is 0 Å². The van der Waals surface area contributed by atoms with E-state index in [1.54, 1.807) is 16.8 Å². The lowest BCUT2D eigenvalue weighted by Gasteiger charge is -2.18. The molecule has 0 saturated heterocycles. The lowest BCUT2D eigenvalue weighted by Crippen LogP contribution is -2.23. The molecule has 0 saturated carbocycles. The van der Waals surface area contributed by atoms with Crippen LogP contribution < -0.4 is 15.5 Å². The predicted octanol–water partition coefficient (Wildman–Crippen LogP) is 3.38. The highest BCUT2D eigenvalue weighted by Gasteiger charge is 2.29. The Morgan fingerprint density at radius 3 is 2.97 bits per heavy atom. The molecule has 156 valence electrons. The van der Waals surface area contributed by atoms with Gasteiger partial charge in [0.25, 0.3) is 0 Å². The van der Waals surface area contributed by atoms with Gasteiger partial charge in [-0.05, 0) is 45.9 Å². The summed E-state index contributed by atoms with van der Waals surface area (Å²) in [6.45, 7) is 7.67. The highest BCUT2D eigenvalue weighted by atomic mass is 19.1. The van der Waals surface area contributed by atoms with Gasteiger partial charge in [0.15, 0.2) is 17.2 Å². The van der Waals surface area contributed by atoms with Gasteiger partial charge in [0.1, 0.15) is 23.5 Å². The fourth-order valence-corrected chi connectivity index (χ4v) is 3.86.